The van der Waals surface area contributed by atoms with Crippen molar-refractivity contribution in [2.45, 2.75) is 26.0 Å². The summed E-state index contributed by atoms with van der Waals surface area (Å²) in [6.07, 6.45) is -0.474. The van der Waals surface area contributed by atoms with Crippen LogP contribution in [0, 0.1) is 10.1 Å². The van der Waals surface area contributed by atoms with E-state index in [9.17, 15) is 19.7 Å². The molecule has 2 rings (SSSR count). The van der Waals surface area contributed by atoms with E-state index in [1.807, 2.05) is 0 Å². The molecule has 0 unspecified atom stereocenters. The van der Waals surface area contributed by atoms with Crippen LogP contribution in [0.25, 0.3) is 0 Å². The summed E-state index contributed by atoms with van der Waals surface area (Å²) in [5, 5.41) is 11.3. The Bertz CT molecular complexity index is 631. The van der Waals surface area contributed by atoms with E-state index >= 15 is 0 Å². The number of benzene rings is 1. The molecule has 22 heavy (non-hydrogen) atoms. The molecule has 0 aromatic heterocycles. The fourth-order valence-corrected chi connectivity index (χ4v) is 2.61. The molecule has 1 aromatic carbocycles. The Kier molecular flexibility index (Phi) is 4.41. The highest BCUT2D eigenvalue weighted by atomic mass is 16.6. The molecule has 0 spiro atoms. The molecule has 1 aliphatic rings. The summed E-state index contributed by atoms with van der Waals surface area (Å²) < 4.78 is 5.40. The second-order valence-corrected chi connectivity index (χ2v) is 5.13. The number of rotatable bonds is 4. The van der Waals surface area contributed by atoms with Gasteiger partial charge in [0.05, 0.1) is 17.6 Å². The van der Waals surface area contributed by atoms with E-state index < -0.39 is 23.0 Å². The molecule has 1 aromatic rings. The summed E-state index contributed by atoms with van der Waals surface area (Å²) >= 11 is 0. The predicted molar refractivity (Wildman–Crippen MR) is 78.8 cm³/mol. The average molecular weight is 307 g/mol. The Morgan fingerprint density at radius 2 is 2.14 bits per heavy atom. The number of anilines is 1. The molecule has 118 valence electrons. The SMILES string of the molecule is CC(=O)c1ccc(N2CCO[C@H](C)[C@H]2C(N)=O)c([N+](=O)[O-])c1. The van der Waals surface area contributed by atoms with Gasteiger partial charge in [-0.15, -0.1) is 0 Å². The summed E-state index contributed by atoms with van der Waals surface area (Å²) in [7, 11) is 0. The number of morpholine rings is 1. The first kappa shape index (κ1) is 15.9. The minimum Gasteiger partial charge on any atom is -0.374 e. The number of nitrogens with two attached hydrogens (primary N) is 1. The van der Waals surface area contributed by atoms with Crippen molar-refractivity contribution in [3.05, 3.63) is 33.9 Å². The molecular formula is C14H17N3O5. The van der Waals surface area contributed by atoms with E-state index in [0.29, 0.717) is 13.2 Å². The van der Waals surface area contributed by atoms with Gasteiger partial charge in [-0.2, -0.15) is 0 Å². The average Bonchev–Trinajstić information content (AvgIpc) is 2.45. The molecule has 1 saturated heterocycles. The first-order valence-electron chi connectivity index (χ1n) is 6.80. The number of nitro groups is 1. The van der Waals surface area contributed by atoms with Gasteiger partial charge in [-0.1, -0.05) is 0 Å². The zero-order chi connectivity index (χ0) is 16.4. The van der Waals surface area contributed by atoms with E-state index in [-0.39, 0.29) is 22.7 Å². The van der Waals surface area contributed by atoms with Crippen LogP contribution in [-0.4, -0.2) is 41.9 Å². The zero-order valence-corrected chi connectivity index (χ0v) is 12.3. The van der Waals surface area contributed by atoms with E-state index in [1.165, 1.54) is 25.1 Å². The first-order valence-corrected chi connectivity index (χ1v) is 6.80. The fraction of sp³-hybridized carbons (Fsp3) is 0.429. The molecule has 0 bridgehead atoms. The van der Waals surface area contributed by atoms with Gasteiger partial charge in [-0.25, -0.2) is 0 Å². The summed E-state index contributed by atoms with van der Waals surface area (Å²) in [6, 6.07) is 3.40. The molecule has 1 aliphatic heterocycles. The number of ketones is 1. The van der Waals surface area contributed by atoms with Crippen molar-refractivity contribution in [2.75, 3.05) is 18.1 Å². The van der Waals surface area contributed by atoms with Gasteiger partial charge in [0.15, 0.2) is 5.78 Å². The van der Waals surface area contributed by atoms with Crippen molar-refractivity contribution >= 4 is 23.1 Å². The minimum atomic E-state index is -0.796. The Balaban J connectivity index is 2.52. The molecule has 1 heterocycles. The van der Waals surface area contributed by atoms with Gasteiger partial charge in [-0.05, 0) is 26.0 Å². The molecule has 0 radical (unpaired) electrons. The number of nitro benzene ring substituents is 1. The van der Waals surface area contributed by atoms with E-state index in [1.54, 1.807) is 11.8 Å². The van der Waals surface area contributed by atoms with E-state index in [2.05, 4.69) is 0 Å². The van der Waals surface area contributed by atoms with Crippen molar-refractivity contribution in [3.8, 4) is 0 Å². The van der Waals surface area contributed by atoms with Crippen LogP contribution >= 0.6 is 0 Å². The second kappa shape index (κ2) is 6.10. The lowest BCUT2D eigenvalue weighted by molar-refractivity contribution is -0.384. The number of Topliss-reactive ketones (excluding diaryl/α,β-unsaturated/α-hetero) is 1. The topological polar surface area (TPSA) is 116 Å². The monoisotopic (exact) mass is 307 g/mol. The smallest absolute Gasteiger partial charge is 0.293 e. The van der Waals surface area contributed by atoms with E-state index in [4.69, 9.17) is 10.5 Å². The maximum Gasteiger partial charge on any atom is 0.293 e. The number of carbonyl (C=O) groups excluding carboxylic acids is 2. The van der Waals surface area contributed by atoms with Crippen LogP contribution in [0.1, 0.15) is 24.2 Å². The zero-order valence-electron chi connectivity index (χ0n) is 12.3. The molecule has 1 fully saturated rings. The Morgan fingerprint density at radius 1 is 1.45 bits per heavy atom. The number of hydrogen-bond donors (Lipinski definition) is 1. The number of carbonyl (C=O) groups is 2. The quantitative estimate of drug-likeness (QED) is 0.501. The molecule has 1 amide bonds. The summed E-state index contributed by atoms with van der Waals surface area (Å²) in [4.78, 5) is 35.4. The van der Waals surface area contributed by atoms with Gasteiger partial charge in [0, 0.05) is 18.2 Å². The van der Waals surface area contributed by atoms with Crippen LogP contribution < -0.4 is 10.6 Å². The highest BCUT2D eigenvalue weighted by Crippen LogP contribution is 2.33. The van der Waals surface area contributed by atoms with Crippen LogP contribution in [0.2, 0.25) is 0 Å². The third-order valence-corrected chi connectivity index (χ3v) is 3.67. The lowest BCUT2D eigenvalue weighted by Crippen LogP contribution is -2.57. The van der Waals surface area contributed by atoms with Gasteiger partial charge in [-0.3, -0.25) is 19.7 Å². The molecule has 2 N–H and O–H groups in total. The van der Waals surface area contributed by atoms with Crippen molar-refractivity contribution in [2.24, 2.45) is 5.73 Å². The van der Waals surface area contributed by atoms with E-state index in [0.717, 1.165) is 0 Å². The molecule has 0 aliphatic carbocycles. The summed E-state index contributed by atoms with van der Waals surface area (Å²) in [5.41, 5.74) is 5.68. The number of amides is 1. The van der Waals surface area contributed by atoms with Gasteiger partial charge in [0.25, 0.3) is 5.69 Å². The molecular weight excluding hydrogens is 290 g/mol. The Hall–Kier alpha value is -2.48. The maximum absolute atomic E-state index is 11.7. The molecule has 8 heteroatoms. The maximum atomic E-state index is 11.7. The number of nitrogens with zero attached hydrogens (tertiary/aromatic N) is 2. The van der Waals surface area contributed by atoms with Crippen molar-refractivity contribution in [1.29, 1.82) is 0 Å². The van der Waals surface area contributed by atoms with Crippen LogP contribution in [0.15, 0.2) is 18.2 Å². The molecule has 8 nitrogen and oxygen atoms in total. The lowest BCUT2D eigenvalue weighted by atomic mass is 10.0. The van der Waals surface area contributed by atoms with Gasteiger partial charge in [0.2, 0.25) is 5.91 Å². The third-order valence-electron chi connectivity index (χ3n) is 3.67. The number of ether oxygens (including phenoxy) is 1. The second-order valence-electron chi connectivity index (χ2n) is 5.13. The highest BCUT2D eigenvalue weighted by molar-refractivity contribution is 5.96. The van der Waals surface area contributed by atoms with Crippen molar-refractivity contribution in [3.63, 3.8) is 0 Å². The normalized spacial score (nSPS) is 21.5. The minimum absolute atomic E-state index is 0.229. The van der Waals surface area contributed by atoms with Crippen LogP contribution in [0.3, 0.4) is 0 Å². The van der Waals surface area contributed by atoms with Crippen LogP contribution in [0.4, 0.5) is 11.4 Å². The number of primary amides is 1. The third kappa shape index (κ3) is 2.91. The van der Waals surface area contributed by atoms with Crippen molar-refractivity contribution in [1.82, 2.24) is 0 Å². The Morgan fingerprint density at radius 3 is 2.68 bits per heavy atom. The largest absolute Gasteiger partial charge is 0.374 e. The first-order chi connectivity index (χ1) is 10.3. The standard InChI is InChI=1S/C14H17N3O5/c1-8(18)10-3-4-11(12(7-10)17(20)21)16-5-6-22-9(2)13(16)14(15)19/h3-4,7,9,13H,5-6H2,1-2H3,(H2,15,19)/t9-,13+/m1/s1. The van der Waals surface area contributed by atoms with Gasteiger partial charge in [0.1, 0.15) is 11.7 Å². The molecule has 2 atom stereocenters. The summed E-state index contributed by atoms with van der Waals surface area (Å²) in [6.45, 7) is 3.66. The molecule has 0 saturated carbocycles. The Labute approximate surface area is 127 Å². The number of hydrogen-bond acceptors (Lipinski definition) is 6. The lowest BCUT2D eigenvalue weighted by Gasteiger charge is -2.39. The van der Waals surface area contributed by atoms with Crippen molar-refractivity contribution < 1.29 is 19.2 Å². The van der Waals surface area contributed by atoms with Gasteiger partial charge >= 0.3 is 0 Å². The van der Waals surface area contributed by atoms with Crippen LogP contribution in [-0.2, 0) is 9.53 Å². The van der Waals surface area contributed by atoms with Gasteiger partial charge < -0.3 is 15.4 Å². The fourth-order valence-electron chi connectivity index (χ4n) is 2.61. The van der Waals surface area contributed by atoms with Crippen LogP contribution in [0.5, 0.6) is 0 Å². The highest BCUT2D eigenvalue weighted by Gasteiger charge is 2.36. The predicted octanol–water partition coefficient (Wildman–Crippen LogP) is 0.876. The summed E-state index contributed by atoms with van der Waals surface area (Å²) in [5.74, 6) is -0.881.